The van der Waals surface area contributed by atoms with Crippen molar-refractivity contribution in [2.75, 3.05) is 6.61 Å². The number of ether oxygens (including phenoxy) is 1. The zero-order valence-electron chi connectivity index (χ0n) is 10.6. The van der Waals surface area contributed by atoms with Crippen LogP contribution in [0.15, 0.2) is 11.6 Å². The minimum Gasteiger partial charge on any atom is -0.466 e. The van der Waals surface area contributed by atoms with Crippen molar-refractivity contribution >= 4 is 11.8 Å². The lowest BCUT2D eigenvalue weighted by Crippen LogP contribution is -2.40. The smallest absolute Gasteiger partial charge is 0.313 e. The van der Waals surface area contributed by atoms with E-state index in [1.807, 2.05) is 13.8 Å². The topological polar surface area (TPSA) is 43.4 Å². The van der Waals surface area contributed by atoms with E-state index >= 15 is 0 Å². The van der Waals surface area contributed by atoms with Gasteiger partial charge in [0, 0.05) is 6.42 Å². The Balaban J connectivity index is 2.32. The SMILES string of the molecule is CCOC(=O)C1C(C)=CC(=O)CC12CCCC2. The van der Waals surface area contributed by atoms with E-state index < -0.39 is 0 Å². The van der Waals surface area contributed by atoms with Gasteiger partial charge in [0.15, 0.2) is 5.78 Å². The molecule has 1 atom stereocenters. The van der Waals surface area contributed by atoms with Crippen LogP contribution in [0, 0.1) is 11.3 Å². The molecule has 0 aromatic carbocycles. The van der Waals surface area contributed by atoms with E-state index in [1.165, 1.54) is 0 Å². The summed E-state index contributed by atoms with van der Waals surface area (Å²) in [6.07, 6.45) is 6.35. The van der Waals surface area contributed by atoms with Gasteiger partial charge >= 0.3 is 5.97 Å². The van der Waals surface area contributed by atoms with Crippen LogP contribution in [-0.2, 0) is 14.3 Å². The van der Waals surface area contributed by atoms with Crippen molar-refractivity contribution in [3.8, 4) is 0 Å². The van der Waals surface area contributed by atoms with E-state index in [2.05, 4.69) is 0 Å². The fraction of sp³-hybridized carbons (Fsp3) is 0.714. The summed E-state index contributed by atoms with van der Waals surface area (Å²) in [5, 5.41) is 0. The molecule has 3 nitrogen and oxygen atoms in total. The maximum Gasteiger partial charge on any atom is 0.313 e. The molecule has 2 aliphatic carbocycles. The molecule has 0 saturated heterocycles. The summed E-state index contributed by atoms with van der Waals surface area (Å²) in [7, 11) is 0. The van der Waals surface area contributed by atoms with Gasteiger partial charge in [-0.15, -0.1) is 0 Å². The second-order valence-corrected chi connectivity index (χ2v) is 5.29. The number of ketones is 1. The van der Waals surface area contributed by atoms with Gasteiger partial charge in [-0.2, -0.15) is 0 Å². The van der Waals surface area contributed by atoms with Gasteiger partial charge in [-0.3, -0.25) is 9.59 Å². The predicted molar refractivity (Wildman–Crippen MR) is 64.4 cm³/mol. The molecule has 2 aliphatic rings. The lowest BCUT2D eigenvalue weighted by molar-refractivity contribution is -0.152. The molecule has 0 aromatic rings. The summed E-state index contributed by atoms with van der Waals surface area (Å²) in [5.41, 5.74) is 0.754. The molecule has 1 fully saturated rings. The quantitative estimate of drug-likeness (QED) is 0.692. The Morgan fingerprint density at radius 2 is 2.12 bits per heavy atom. The standard InChI is InChI=1S/C14H20O3/c1-3-17-13(16)12-10(2)8-11(15)9-14(12)6-4-5-7-14/h8,12H,3-7,9H2,1-2H3. The number of hydrogen-bond acceptors (Lipinski definition) is 3. The Bertz CT molecular complexity index is 362. The summed E-state index contributed by atoms with van der Waals surface area (Å²) in [6.45, 7) is 4.12. The monoisotopic (exact) mass is 236 g/mol. The van der Waals surface area contributed by atoms with E-state index in [4.69, 9.17) is 4.74 Å². The van der Waals surface area contributed by atoms with Gasteiger partial charge in [0.05, 0.1) is 12.5 Å². The molecule has 0 heterocycles. The highest BCUT2D eigenvalue weighted by molar-refractivity contribution is 5.95. The molecule has 3 heteroatoms. The van der Waals surface area contributed by atoms with Gasteiger partial charge in [0.1, 0.15) is 0 Å². The van der Waals surface area contributed by atoms with Crippen LogP contribution in [0.3, 0.4) is 0 Å². The van der Waals surface area contributed by atoms with Gasteiger partial charge in [-0.1, -0.05) is 18.4 Å². The maximum absolute atomic E-state index is 12.1. The molecule has 94 valence electrons. The molecule has 1 unspecified atom stereocenters. The molecule has 0 amide bonds. The molecule has 0 N–H and O–H groups in total. The largest absolute Gasteiger partial charge is 0.466 e. The highest BCUT2D eigenvalue weighted by atomic mass is 16.5. The van der Waals surface area contributed by atoms with E-state index in [1.54, 1.807) is 6.08 Å². The molecule has 0 bridgehead atoms. The van der Waals surface area contributed by atoms with E-state index in [0.717, 1.165) is 31.3 Å². The van der Waals surface area contributed by atoms with Crippen molar-refractivity contribution in [3.05, 3.63) is 11.6 Å². The minimum atomic E-state index is -0.192. The van der Waals surface area contributed by atoms with E-state index in [0.29, 0.717) is 13.0 Å². The first-order valence-electron chi connectivity index (χ1n) is 6.47. The third-order valence-electron chi connectivity index (χ3n) is 4.10. The summed E-state index contributed by atoms with van der Waals surface area (Å²) in [4.78, 5) is 23.8. The van der Waals surface area contributed by atoms with Crippen molar-refractivity contribution in [2.24, 2.45) is 11.3 Å². The zero-order chi connectivity index (χ0) is 12.5. The first kappa shape index (κ1) is 12.3. The van der Waals surface area contributed by atoms with Crippen molar-refractivity contribution in [1.29, 1.82) is 0 Å². The van der Waals surface area contributed by atoms with Crippen molar-refractivity contribution < 1.29 is 14.3 Å². The Morgan fingerprint density at radius 1 is 1.47 bits per heavy atom. The first-order chi connectivity index (χ1) is 8.09. The number of hydrogen-bond donors (Lipinski definition) is 0. The van der Waals surface area contributed by atoms with Crippen LogP contribution in [0.5, 0.6) is 0 Å². The van der Waals surface area contributed by atoms with Gasteiger partial charge in [-0.05, 0) is 38.2 Å². The van der Waals surface area contributed by atoms with Gasteiger partial charge in [0.25, 0.3) is 0 Å². The summed E-state index contributed by atoms with van der Waals surface area (Å²) < 4.78 is 5.18. The Labute approximate surface area is 102 Å². The molecule has 0 aromatic heterocycles. The number of carbonyl (C=O) groups excluding carboxylic acids is 2. The van der Waals surface area contributed by atoms with Crippen LogP contribution < -0.4 is 0 Å². The van der Waals surface area contributed by atoms with Gasteiger partial charge in [-0.25, -0.2) is 0 Å². The molecule has 0 radical (unpaired) electrons. The second-order valence-electron chi connectivity index (χ2n) is 5.29. The zero-order valence-corrected chi connectivity index (χ0v) is 10.6. The van der Waals surface area contributed by atoms with Crippen LogP contribution in [-0.4, -0.2) is 18.4 Å². The predicted octanol–water partition coefficient (Wildman–Crippen LogP) is 2.65. The summed E-state index contributed by atoms with van der Waals surface area (Å²) in [5.74, 6) is -0.164. The number of allylic oxidation sites excluding steroid dienone is 1. The number of esters is 1. The normalized spacial score (nSPS) is 27.1. The van der Waals surface area contributed by atoms with Crippen molar-refractivity contribution in [3.63, 3.8) is 0 Å². The van der Waals surface area contributed by atoms with Crippen LogP contribution in [0.1, 0.15) is 46.0 Å². The van der Waals surface area contributed by atoms with Crippen LogP contribution in [0.2, 0.25) is 0 Å². The third-order valence-corrected chi connectivity index (χ3v) is 4.10. The Morgan fingerprint density at radius 3 is 2.71 bits per heavy atom. The fourth-order valence-corrected chi connectivity index (χ4v) is 3.53. The maximum atomic E-state index is 12.1. The lowest BCUT2D eigenvalue weighted by atomic mass is 9.64. The van der Waals surface area contributed by atoms with Crippen molar-refractivity contribution in [1.82, 2.24) is 0 Å². The summed E-state index contributed by atoms with van der Waals surface area (Å²) >= 11 is 0. The lowest BCUT2D eigenvalue weighted by Gasteiger charge is -2.38. The summed E-state index contributed by atoms with van der Waals surface area (Å²) in [6, 6.07) is 0. The average molecular weight is 236 g/mol. The average Bonchev–Trinajstić information content (AvgIpc) is 2.65. The molecule has 1 spiro atoms. The van der Waals surface area contributed by atoms with Crippen LogP contribution >= 0.6 is 0 Å². The molecular formula is C14H20O3. The highest BCUT2D eigenvalue weighted by Crippen LogP contribution is 2.52. The third kappa shape index (κ3) is 2.15. The van der Waals surface area contributed by atoms with Gasteiger partial charge in [0.2, 0.25) is 0 Å². The molecule has 1 saturated carbocycles. The van der Waals surface area contributed by atoms with Gasteiger partial charge < -0.3 is 4.74 Å². The fourth-order valence-electron chi connectivity index (χ4n) is 3.53. The molecule has 0 aliphatic heterocycles. The molecular weight excluding hydrogens is 216 g/mol. The van der Waals surface area contributed by atoms with Crippen LogP contribution in [0.4, 0.5) is 0 Å². The molecule has 2 rings (SSSR count). The van der Waals surface area contributed by atoms with E-state index in [-0.39, 0.29) is 23.1 Å². The van der Waals surface area contributed by atoms with Crippen molar-refractivity contribution in [2.45, 2.75) is 46.0 Å². The molecule has 17 heavy (non-hydrogen) atoms. The number of carbonyl (C=O) groups is 2. The Kier molecular flexibility index (Phi) is 3.36. The minimum absolute atomic E-state index is 0.137. The highest BCUT2D eigenvalue weighted by Gasteiger charge is 2.49. The first-order valence-corrected chi connectivity index (χ1v) is 6.47. The number of rotatable bonds is 2. The van der Waals surface area contributed by atoms with E-state index in [9.17, 15) is 9.59 Å². The Hall–Kier alpha value is -1.12. The van der Waals surface area contributed by atoms with Crippen LogP contribution in [0.25, 0.3) is 0 Å². The second kappa shape index (κ2) is 4.63.